The van der Waals surface area contributed by atoms with Crippen LogP contribution in [0.25, 0.3) is 0 Å². The average molecular weight is 184 g/mol. The molecule has 0 spiro atoms. The van der Waals surface area contributed by atoms with Gasteiger partial charge in [-0.25, -0.2) is 0 Å². The smallest absolute Gasteiger partial charge is 0.193 e. The first-order chi connectivity index (χ1) is 5.84. The van der Waals surface area contributed by atoms with Crippen molar-refractivity contribution < 1.29 is 4.57 Å². The van der Waals surface area contributed by atoms with Crippen LogP contribution < -0.4 is 4.57 Å². The predicted molar refractivity (Wildman–Crippen MR) is 53.4 cm³/mol. The minimum Gasteiger partial charge on any atom is -0.193 e. The van der Waals surface area contributed by atoms with Gasteiger partial charge in [-0.2, -0.15) is 4.57 Å². The molecule has 0 atom stereocenters. The first kappa shape index (κ1) is 9.72. The maximum atomic E-state index is 2.35. The molecule has 0 aromatic carbocycles. The summed E-state index contributed by atoms with van der Waals surface area (Å²) in [5.41, 5.74) is 0. The maximum absolute atomic E-state index is 2.35. The van der Waals surface area contributed by atoms with E-state index in [0.717, 1.165) is 0 Å². The van der Waals surface area contributed by atoms with Crippen LogP contribution in [0.3, 0.4) is 0 Å². The van der Waals surface area contributed by atoms with Gasteiger partial charge in [0.25, 0.3) is 0 Å². The fraction of sp³-hybridized carbons (Fsp3) is 0.700. The molecule has 0 saturated carbocycles. The van der Waals surface area contributed by atoms with Crippen molar-refractivity contribution in [3.05, 3.63) is 16.6 Å². The molecule has 0 unspecified atom stereocenters. The van der Waals surface area contributed by atoms with Crippen molar-refractivity contribution in [2.24, 2.45) is 0 Å². The quantitative estimate of drug-likeness (QED) is 0.489. The van der Waals surface area contributed by atoms with E-state index in [-0.39, 0.29) is 0 Å². The molecule has 1 heterocycles. The molecule has 1 nitrogen and oxygen atoms in total. The van der Waals surface area contributed by atoms with Crippen LogP contribution >= 0.6 is 11.3 Å². The van der Waals surface area contributed by atoms with Gasteiger partial charge < -0.3 is 0 Å². The van der Waals surface area contributed by atoms with Gasteiger partial charge in [0.1, 0.15) is 6.54 Å². The summed E-state index contributed by atoms with van der Waals surface area (Å²) in [7, 11) is 0. The van der Waals surface area contributed by atoms with E-state index in [4.69, 9.17) is 0 Å². The third kappa shape index (κ3) is 2.94. The Balaban J connectivity index is 2.20. The Kier molecular flexibility index (Phi) is 4.30. The van der Waals surface area contributed by atoms with Gasteiger partial charge in [0, 0.05) is 13.3 Å². The van der Waals surface area contributed by atoms with Crippen molar-refractivity contribution in [1.82, 2.24) is 0 Å². The maximum Gasteiger partial charge on any atom is 0.234 e. The summed E-state index contributed by atoms with van der Waals surface area (Å²) in [5, 5.41) is 3.58. The van der Waals surface area contributed by atoms with Crippen molar-refractivity contribution in [3.63, 3.8) is 0 Å². The molecule has 0 bridgehead atoms. The van der Waals surface area contributed by atoms with E-state index < -0.39 is 0 Å². The molecule has 0 saturated heterocycles. The van der Waals surface area contributed by atoms with Crippen LogP contribution in [0.2, 0.25) is 0 Å². The molecule has 1 rings (SSSR count). The second-order valence-corrected chi connectivity index (χ2v) is 4.27. The van der Waals surface area contributed by atoms with Crippen molar-refractivity contribution >= 4 is 11.3 Å². The summed E-state index contributed by atoms with van der Waals surface area (Å²) in [6.45, 7) is 5.64. The van der Waals surface area contributed by atoms with Gasteiger partial charge in [0.15, 0.2) is 6.20 Å². The van der Waals surface area contributed by atoms with Crippen LogP contribution in [0.15, 0.2) is 11.6 Å². The molecule has 12 heavy (non-hydrogen) atoms. The second-order valence-electron chi connectivity index (χ2n) is 3.18. The van der Waals surface area contributed by atoms with Gasteiger partial charge in [-0.3, -0.25) is 0 Å². The third-order valence-electron chi connectivity index (χ3n) is 2.14. The summed E-state index contributed by atoms with van der Waals surface area (Å²) >= 11 is 1.83. The summed E-state index contributed by atoms with van der Waals surface area (Å²) in [4.78, 5) is 0. The summed E-state index contributed by atoms with van der Waals surface area (Å²) in [5.74, 6) is 0. The van der Waals surface area contributed by atoms with E-state index >= 15 is 0 Å². The van der Waals surface area contributed by atoms with Crippen molar-refractivity contribution in [2.45, 2.75) is 46.1 Å². The molecule has 0 aliphatic carbocycles. The molecule has 1 aromatic rings. The highest BCUT2D eigenvalue weighted by Crippen LogP contribution is 2.02. The fourth-order valence-electron chi connectivity index (χ4n) is 1.32. The highest BCUT2D eigenvalue weighted by molar-refractivity contribution is 7.09. The van der Waals surface area contributed by atoms with Gasteiger partial charge >= 0.3 is 0 Å². The Morgan fingerprint density at radius 3 is 2.75 bits per heavy atom. The van der Waals surface area contributed by atoms with Crippen molar-refractivity contribution in [3.8, 4) is 0 Å². The largest absolute Gasteiger partial charge is 0.234 e. The van der Waals surface area contributed by atoms with E-state index in [9.17, 15) is 0 Å². The number of hydrogen-bond donors (Lipinski definition) is 0. The van der Waals surface area contributed by atoms with Crippen molar-refractivity contribution in [1.29, 1.82) is 0 Å². The first-order valence-electron chi connectivity index (χ1n) is 4.78. The molecular weight excluding hydrogens is 166 g/mol. The number of nitrogens with zero attached hydrogens (tertiary/aromatic N) is 1. The van der Waals surface area contributed by atoms with E-state index in [1.807, 2.05) is 11.3 Å². The number of hydrogen-bond acceptors (Lipinski definition) is 1. The van der Waals surface area contributed by atoms with Crippen LogP contribution in [0.5, 0.6) is 0 Å². The van der Waals surface area contributed by atoms with Crippen LogP contribution in [-0.2, 0) is 6.54 Å². The van der Waals surface area contributed by atoms with Gasteiger partial charge in [0.05, 0.1) is 5.38 Å². The minimum absolute atomic E-state index is 1.20. The molecular formula is C10H18NS+. The van der Waals surface area contributed by atoms with Crippen LogP contribution in [0.1, 0.15) is 37.6 Å². The topological polar surface area (TPSA) is 3.88 Å². The number of thiazole rings is 1. The van der Waals surface area contributed by atoms with E-state index in [1.54, 1.807) is 0 Å². The lowest BCUT2D eigenvalue weighted by Gasteiger charge is -1.94. The van der Waals surface area contributed by atoms with Gasteiger partial charge in [-0.05, 0) is 6.42 Å². The van der Waals surface area contributed by atoms with Gasteiger partial charge in [-0.1, -0.05) is 31.1 Å². The molecule has 0 fully saturated rings. The lowest BCUT2D eigenvalue weighted by molar-refractivity contribution is -0.698. The number of aromatic nitrogens is 1. The summed E-state index contributed by atoms with van der Waals surface area (Å²) < 4.78 is 2.35. The lowest BCUT2D eigenvalue weighted by atomic mass is 10.2. The van der Waals surface area contributed by atoms with E-state index in [0.29, 0.717) is 0 Å². The zero-order valence-corrected chi connectivity index (χ0v) is 8.86. The fourth-order valence-corrected chi connectivity index (χ4v) is 2.01. The normalized spacial score (nSPS) is 10.5. The number of rotatable bonds is 5. The highest BCUT2D eigenvalue weighted by Gasteiger charge is 2.05. The average Bonchev–Trinajstić information content (AvgIpc) is 2.46. The Morgan fingerprint density at radius 1 is 1.33 bits per heavy atom. The molecule has 2 heteroatoms. The first-order valence-corrected chi connectivity index (χ1v) is 5.66. The predicted octanol–water partition coefficient (Wildman–Crippen LogP) is 2.92. The monoisotopic (exact) mass is 184 g/mol. The summed E-state index contributed by atoms with van der Waals surface area (Å²) in [6, 6.07) is 0. The Labute approximate surface area is 79.1 Å². The zero-order valence-electron chi connectivity index (χ0n) is 8.05. The molecule has 68 valence electrons. The van der Waals surface area contributed by atoms with Gasteiger partial charge in [0.2, 0.25) is 5.01 Å². The van der Waals surface area contributed by atoms with E-state index in [1.165, 1.54) is 37.2 Å². The molecule has 0 aliphatic rings. The SMILES string of the molecule is CCCCCC[n+]1ccsc1C. The van der Waals surface area contributed by atoms with E-state index in [2.05, 4.69) is 30.0 Å². The molecule has 0 radical (unpaired) electrons. The number of unbranched alkanes of at least 4 members (excludes halogenated alkanes) is 3. The third-order valence-corrected chi connectivity index (χ3v) is 2.97. The Morgan fingerprint density at radius 2 is 2.17 bits per heavy atom. The van der Waals surface area contributed by atoms with Crippen LogP contribution in [-0.4, -0.2) is 0 Å². The highest BCUT2D eigenvalue weighted by atomic mass is 32.1. The number of aryl methyl sites for hydroxylation is 2. The van der Waals surface area contributed by atoms with Crippen LogP contribution in [0.4, 0.5) is 0 Å². The Hall–Kier alpha value is -0.370. The van der Waals surface area contributed by atoms with Gasteiger partial charge in [-0.15, -0.1) is 0 Å². The standard InChI is InChI=1S/C10H18NS/c1-3-4-5-6-7-11-8-9-12-10(11)2/h8-9H,3-7H2,1-2H3/q+1. The second kappa shape index (κ2) is 5.31. The minimum atomic E-state index is 1.20. The molecule has 0 amide bonds. The van der Waals surface area contributed by atoms with Crippen LogP contribution in [0, 0.1) is 6.92 Å². The zero-order chi connectivity index (χ0) is 8.81. The van der Waals surface area contributed by atoms with Crippen molar-refractivity contribution in [2.75, 3.05) is 0 Å². The molecule has 0 aliphatic heterocycles. The lowest BCUT2D eigenvalue weighted by Crippen LogP contribution is -2.33. The molecule has 1 aromatic heterocycles. The Bertz CT molecular complexity index is 217. The molecule has 0 N–H and O–H groups in total. The summed E-state index contributed by atoms with van der Waals surface area (Å²) in [6.07, 6.45) is 7.60.